The van der Waals surface area contributed by atoms with Crippen LogP contribution in [-0.4, -0.2) is 25.6 Å². The molecule has 4 rings (SSSR count). The first-order chi connectivity index (χ1) is 13.4. The van der Waals surface area contributed by atoms with E-state index >= 15 is 0 Å². The van der Waals surface area contributed by atoms with Crippen LogP contribution in [0, 0.1) is 0 Å². The van der Waals surface area contributed by atoms with Crippen LogP contribution in [0.1, 0.15) is 49.3 Å². The molecule has 28 heavy (non-hydrogen) atoms. The average Bonchev–Trinajstić information content (AvgIpc) is 3.39. The third-order valence-electron chi connectivity index (χ3n) is 4.40. The summed E-state index contributed by atoms with van der Waals surface area (Å²) >= 11 is 0. The lowest BCUT2D eigenvalue weighted by atomic mass is 10.2. The summed E-state index contributed by atoms with van der Waals surface area (Å²) in [5.74, 6) is 0.472. The minimum Gasteiger partial charge on any atom is -0.459 e. The molecule has 144 valence electrons. The summed E-state index contributed by atoms with van der Waals surface area (Å²) < 4.78 is 12.0. The van der Waals surface area contributed by atoms with Gasteiger partial charge in [0.25, 0.3) is 5.91 Å². The second-order valence-electron chi connectivity index (χ2n) is 6.75. The highest BCUT2D eigenvalue weighted by Crippen LogP contribution is 2.23. The maximum absolute atomic E-state index is 12.1. The number of hydrogen-bond acceptors (Lipinski definition) is 6. The number of amides is 1. The van der Waals surface area contributed by atoms with E-state index in [9.17, 15) is 9.59 Å². The van der Waals surface area contributed by atoms with Crippen LogP contribution in [-0.2, 0) is 0 Å². The quantitative estimate of drug-likeness (QED) is 0.548. The van der Waals surface area contributed by atoms with E-state index in [1.807, 2.05) is 26.0 Å². The van der Waals surface area contributed by atoms with Gasteiger partial charge in [0.15, 0.2) is 5.76 Å². The molecule has 0 unspecified atom stereocenters. The predicted molar refractivity (Wildman–Crippen MR) is 101 cm³/mol. The molecule has 1 amide bonds. The van der Waals surface area contributed by atoms with Gasteiger partial charge < -0.3 is 19.2 Å². The molecule has 0 spiro atoms. The van der Waals surface area contributed by atoms with Gasteiger partial charge in [0.05, 0.1) is 17.3 Å². The summed E-state index contributed by atoms with van der Waals surface area (Å²) in [7, 11) is 0. The number of H-pyrrole nitrogens is 1. The van der Waals surface area contributed by atoms with Gasteiger partial charge in [0.1, 0.15) is 6.04 Å². The molecular weight excluding hydrogens is 362 g/mol. The number of carbonyl (C=O) groups is 1. The Hall–Kier alpha value is -3.62. The Labute approximate surface area is 159 Å². The standard InChI is InChI=1S/C19H19N5O4/c1-10(2)24-14-7-6-12(9-13(14)21-19(24)26)16-22-18(28-23-16)11(3)20-17(25)15-5-4-8-27-15/h4-11H,1-3H3,(H,20,25)(H,21,26)/t11-/m1/s1. The molecule has 0 aliphatic carbocycles. The SMILES string of the molecule is CC(C)n1c(=O)[nH]c2cc(-c3noc([C@@H](C)NC(=O)c4ccco4)n3)ccc21. The average molecular weight is 381 g/mol. The molecule has 0 saturated carbocycles. The number of benzene rings is 1. The molecule has 4 aromatic rings. The number of rotatable bonds is 5. The lowest BCUT2D eigenvalue weighted by molar-refractivity contribution is 0.0904. The van der Waals surface area contributed by atoms with E-state index < -0.39 is 6.04 Å². The van der Waals surface area contributed by atoms with E-state index in [-0.39, 0.29) is 29.3 Å². The summed E-state index contributed by atoms with van der Waals surface area (Å²) in [6, 6.07) is 8.23. The third kappa shape index (κ3) is 3.11. The Morgan fingerprint density at radius 3 is 2.79 bits per heavy atom. The highest BCUT2D eigenvalue weighted by molar-refractivity contribution is 5.91. The summed E-state index contributed by atoms with van der Waals surface area (Å²) in [4.78, 5) is 31.4. The van der Waals surface area contributed by atoms with Gasteiger partial charge in [-0.05, 0) is 51.1 Å². The molecule has 0 aliphatic rings. The number of fused-ring (bicyclic) bond motifs is 1. The molecule has 3 heterocycles. The third-order valence-corrected chi connectivity index (χ3v) is 4.40. The molecule has 9 heteroatoms. The molecule has 1 atom stereocenters. The Bertz CT molecular complexity index is 1180. The van der Waals surface area contributed by atoms with Gasteiger partial charge in [-0.15, -0.1) is 0 Å². The first-order valence-corrected chi connectivity index (χ1v) is 8.86. The van der Waals surface area contributed by atoms with Crippen molar-refractivity contribution in [2.24, 2.45) is 0 Å². The summed E-state index contributed by atoms with van der Waals surface area (Å²) in [6.45, 7) is 5.64. The molecule has 9 nitrogen and oxygen atoms in total. The van der Waals surface area contributed by atoms with Crippen molar-refractivity contribution in [1.82, 2.24) is 25.0 Å². The summed E-state index contributed by atoms with van der Waals surface area (Å²) in [5, 5.41) is 6.73. The maximum Gasteiger partial charge on any atom is 0.326 e. The highest BCUT2D eigenvalue weighted by atomic mass is 16.5. The van der Waals surface area contributed by atoms with Crippen LogP contribution in [0.15, 0.2) is 50.3 Å². The molecule has 3 aromatic heterocycles. The summed E-state index contributed by atoms with van der Waals surface area (Å²) in [5.41, 5.74) is 2.04. The van der Waals surface area contributed by atoms with Gasteiger partial charge in [0.2, 0.25) is 11.7 Å². The molecular formula is C19H19N5O4. The smallest absolute Gasteiger partial charge is 0.326 e. The Morgan fingerprint density at radius 1 is 1.25 bits per heavy atom. The highest BCUT2D eigenvalue weighted by Gasteiger charge is 2.20. The first-order valence-electron chi connectivity index (χ1n) is 8.86. The Morgan fingerprint density at radius 2 is 2.07 bits per heavy atom. The zero-order valence-corrected chi connectivity index (χ0v) is 15.6. The number of nitrogens with zero attached hydrogens (tertiary/aromatic N) is 3. The van der Waals surface area contributed by atoms with Crippen molar-refractivity contribution in [1.29, 1.82) is 0 Å². The number of aromatic nitrogens is 4. The van der Waals surface area contributed by atoms with Gasteiger partial charge >= 0.3 is 5.69 Å². The minimum atomic E-state index is -0.496. The second-order valence-corrected chi connectivity index (χ2v) is 6.75. The number of imidazole rings is 1. The largest absolute Gasteiger partial charge is 0.459 e. The zero-order valence-electron chi connectivity index (χ0n) is 15.6. The number of nitrogens with one attached hydrogen (secondary N) is 2. The molecule has 1 aromatic carbocycles. The molecule has 0 radical (unpaired) electrons. The van der Waals surface area contributed by atoms with Crippen LogP contribution in [0.5, 0.6) is 0 Å². The van der Waals surface area contributed by atoms with Crippen molar-refractivity contribution < 1.29 is 13.7 Å². The second kappa shape index (κ2) is 6.84. The van der Waals surface area contributed by atoms with Gasteiger partial charge in [-0.2, -0.15) is 4.98 Å². The van der Waals surface area contributed by atoms with Crippen molar-refractivity contribution in [3.05, 3.63) is 58.7 Å². The van der Waals surface area contributed by atoms with Crippen molar-refractivity contribution >= 4 is 16.9 Å². The first kappa shape index (κ1) is 17.8. The van der Waals surface area contributed by atoms with E-state index in [1.165, 1.54) is 6.26 Å². The lowest BCUT2D eigenvalue weighted by Gasteiger charge is -2.07. The lowest BCUT2D eigenvalue weighted by Crippen LogP contribution is -2.26. The van der Waals surface area contributed by atoms with Crippen LogP contribution in [0.3, 0.4) is 0 Å². The topological polar surface area (TPSA) is 119 Å². The predicted octanol–water partition coefficient (Wildman–Crippen LogP) is 3.04. The normalized spacial score (nSPS) is 12.6. The number of aromatic amines is 1. The Kier molecular flexibility index (Phi) is 4.34. The monoisotopic (exact) mass is 381 g/mol. The number of carbonyl (C=O) groups excluding carboxylic acids is 1. The van der Waals surface area contributed by atoms with Gasteiger partial charge in [-0.25, -0.2) is 4.79 Å². The van der Waals surface area contributed by atoms with E-state index in [2.05, 4.69) is 20.4 Å². The van der Waals surface area contributed by atoms with Crippen LogP contribution in [0.25, 0.3) is 22.4 Å². The van der Waals surface area contributed by atoms with E-state index in [4.69, 9.17) is 8.94 Å². The number of hydrogen-bond donors (Lipinski definition) is 2. The Balaban J connectivity index is 1.58. The van der Waals surface area contributed by atoms with Crippen LogP contribution in [0.2, 0.25) is 0 Å². The fourth-order valence-electron chi connectivity index (χ4n) is 3.05. The number of furan rings is 1. The molecule has 0 bridgehead atoms. The van der Waals surface area contributed by atoms with E-state index in [1.54, 1.807) is 29.7 Å². The van der Waals surface area contributed by atoms with Crippen LogP contribution >= 0.6 is 0 Å². The van der Waals surface area contributed by atoms with Crippen LogP contribution < -0.4 is 11.0 Å². The van der Waals surface area contributed by atoms with Crippen molar-refractivity contribution in [2.75, 3.05) is 0 Å². The van der Waals surface area contributed by atoms with Crippen molar-refractivity contribution in [2.45, 2.75) is 32.9 Å². The van der Waals surface area contributed by atoms with Crippen molar-refractivity contribution in [3.8, 4) is 11.4 Å². The molecule has 0 aliphatic heterocycles. The minimum absolute atomic E-state index is 0.0440. The zero-order chi connectivity index (χ0) is 19.8. The van der Waals surface area contributed by atoms with E-state index in [0.717, 1.165) is 5.52 Å². The van der Waals surface area contributed by atoms with Gasteiger partial charge in [-0.3, -0.25) is 9.36 Å². The van der Waals surface area contributed by atoms with Gasteiger partial charge in [-0.1, -0.05) is 5.16 Å². The van der Waals surface area contributed by atoms with E-state index in [0.29, 0.717) is 16.9 Å². The summed E-state index contributed by atoms with van der Waals surface area (Å²) in [6.07, 6.45) is 1.43. The molecule has 2 N–H and O–H groups in total. The molecule has 0 fully saturated rings. The van der Waals surface area contributed by atoms with Gasteiger partial charge in [0, 0.05) is 11.6 Å². The fourth-order valence-corrected chi connectivity index (χ4v) is 3.05. The fraction of sp³-hybridized carbons (Fsp3) is 0.263. The molecule has 0 saturated heterocycles. The van der Waals surface area contributed by atoms with Crippen molar-refractivity contribution in [3.63, 3.8) is 0 Å². The maximum atomic E-state index is 12.1. The van der Waals surface area contributed by atoms with Crippen LogP contribution in [0.4, 0.5) is 0 Å².